The first kappa shape index (κ1) is 29.1. The lowest BCUT2D eigenvalue weighted by molar-refractivity contribution is 0.558. The minimum atomic E-state index is 0.448. The van der Waals surface area contributed by atoms with Crippen LogP contribution in [0.25, 0.3) is 44.4 Å². The van der Waals surface area contributed by atoms with Crippen LogP contribution >= 0.6 is 0 Å². The van der Waals surface area contributed by atoms with E-state index in [0.717, 1.165) is 48.5 Å². The lowest BCUT2D eigenvalue weighted by atomic mass is 9.70. The number of aromatic amines is 2. The Kier molecular flexibility index (Phi) is 7.72. The molecule has 44 heavy (non-hydrogen) atoms. The molecule has 0 radical (unpaired) electrons. The summed E-state index contributed by atoms with van der Waals surface area (Å²) < 4.78 is 0. The third-order valence-electron chi connectivity index (χ3n) is 10.7. The molecule has 3 aromatic heterocycles. The number of rotatable bonds is 8. The van der Waals surface area contributed by atoms with Crippen molar-refractivity contribution < 1.29 is 0 Å². The summed E-state index contributed by atoms with van der Waals surface area (Å²) in [4.78, 5) is 18.6. The molecule has 5 aliphatic rings. The van der Waals surface area contributed by atoms with Gasteiger partial charge in [0.2, 0.25) is 0 Å². The summed E-state index contributed by atoms with van der Waals surface area (Å²) in [5, 5.41) is 0. The van der Waals surface area contributed by atoms with Crippen molar-refractivity contribution >= 4 is 44.4 Å². The molecular weight excluding hydrogens is 536 g/mol. The van der Waals surface area contributed by atoms with Gasteiger partial charge in [-0.1, -0.05) is 52.7 Å². The zero-order valence-electron chi connectivity index (χ0n) is 27.6. The molecule has 2 aliphatic heterocycles. The highest BCUT2D eigenvalue weighted by Gasteiger charge is 2.37. The Hall–Kier alpha value is -3.66. The molecule has 0 saturated carbocycles. The Bertz CT molecular complexity index is 1890. The number of hydrogen-bond donors (Lipinski definition) is 2. The molecule has 228 valence electrons. The summed E-state index contributed by atoms with van der Waals surface area (Å²) in [6, 6.07) is 9.40. The normalized spacial score (nSPS) is 19.0. The first-order valence-electron chi connectivity index (χ1n) is 17.3. The van der Waals surface area contributed by atoms with Crippen LogP contribution in [0.1, 0.15) is 125 Å². The van der Waals surface area contributed by atoms with Crippen molar-refractivity contribution in [1.29, 1.82) is 0 Å². The average Bonchev–Trinajstić information content (AvgIpc) is 3.74. The number of nitrogens with zero attached hydrogens (tertiary/aromatic N) is 2. The number of H-pyrrole nitrogens is 2. The van der Waals surface area contributed by atoms with E-state index in [1.807, 2.05) is 0 Å². The Morgan fingerprint density at radius 2 is 1.16 bits per heavy atom. The molecule has 3 aliphatic carbocycles. The molecule has 2 N–H and O–H groups in total. The summed E-state index contributed by atoms with van der Waals surface area (Å²) in [5.74, 6) is 0.900. The lowest BCUT2D eigenvalue weighted by Crippen LogP contribution is -2.18. The van der Waals surface area contributed by atoms with Crippen LogP contribution in [0, 0.1) is 18.8 Å². The van der Waals surface area contributed by atoms with Crippen LogP contribution in [-0.4, -0.2) is 19.9 Å². The van der Waals surface area contributed by atoms with Gasteiger partial charge in [-0.2, -0.15) is 0 Å². The van der Waals surface area contributed by atoms with Gasteiger partial charge in [-0.25, -0.2) is 9.97 Å². The largest absolute Gasteiger partial charge is 0.355 e. The van der Waals surface area contributed by atoms with Crippen molar-refractivity contribution in [1.82, 2.24) is 19.9 Å². The van der Waals surface area contributed by atoms with Gasteiger partial charge < -0.3 is 9.97 Å². The molecule has 2 atom stereocenters. The van der Waals surface area contributed by atoms with Crippen molar-refractivity contribution in [3.05, 3.63) is 81.4 Å². The molecule has 0 spiro atoms. The van der Waals surface area contributed by atoms with E-state index >= 15 is 0 Å². The number of aryl methyl sites for hydroxylation is 4. The average molecular weight is 585 g/mol. The highest BCUT2D eigenvalue weighted by Crippen LogP contribution is 2.51. The smallest absolute Gasteiger partial charge is 0.0700 e. The van der Waals surface area contributed by atoms with Gasteiger partial charge in [-0.15, -0.1) is 0 Å². The number of hydrogen-bond acceptors (Lipinski definition) is 2. The molecule has 2 unspecified atom stereocenters. The van der Waals surface area contributed by atoms with Gasteiger partial charge in [-0.05, 0) is 134 Å². The maximum atomic E-state index is 5.42. The fraction of sp³-hybridized carbons (Fsp3) is 0.450. The van der Waals surface area contributed by atoms with Crippen LogP contribution in [0.5, 0.6) is 0 Å². The van der Waals surface area contributed by atoms with Crippen molar-refractivity contribution in [3.8, 4) is 0 Å². The molecular formula is C40H48N4. The van der Waals surface area contributed by atoms with E-state index in [2.05, 4.69) is 87.9 Å². The molecule has 4 nitrogen and oxygen atoms in total. The maximum absolute atomic E-state index is 5.42. The second kappa shape index (κ2) is 11.7. The Morgan fingerprint density at radius 1 is 0.614 bits per heavy atom. The molecule has 0 fully saturated rings. The van der Waals surface area contributed by atoms with Crippen molar-refractivity contribution in [2.45, 2.75) is 106 Å². The fourth-order valence-corrected chi connectivity index (χ4v) is 8.23. The first-order chi connectivity index (χ1) is 21.4. The van der Waals surface area contributed by atoms with E-state index < -0.39 is 0 Å². The van der Waals surface area contributed by atoms with Crippen LogP contribution in [0.15, 0.2) is 36.4 Å². The maximum Gasteiger partial charge on any atom is 0.0700 e. The van der Waals surface area contributed by atoms with Gasteiger partial charge in [0.1, 0.15) is 0 Å². The van der Waals surface area contributed by atoms with Gasteiger partial charge in [0.05, 0.1) is 22.8 Å². The van der Waals surface area contributed by atoms with E-state index in [9.17, 15) is 0 Å². The summed E-state index contributed by atoms with van der Waals surface area (Å²) in [7, 11) is 0. The predicted octanol–water partition coefficient (Wildman–Crippen LogP) is 10.7. The molecule has 10 bridgehead atoms. The van der Waals surface area contributed by atoms with Crippen LogP contribution in [0.4, 0.5) is 0 Å². The Balaban J connectivity index is 1.61. The number of unbranched alkanes of at least 4 members (excludes halogenated alkanes) is 2. The van der Waals surface area contributed by atoms with E-state index in [1.54, 1.807) is 0 Å². The van der Waals surface area contributed by atoms with Crippen molar-refractivity contribution in [2.24, 2.45) is 11.8 Å². The molecule has 0 saturated heterocycles. The fourth-order valence-electron chi connectivity index (χ4n) is 8.23. The second-order valence-corrected chi connectivity index (χ2v) is 13.3. The van der Waals surface area contributed by atoms with Crippen LogP contribution < -0.4 is 0 Å². The van der Waals surface area contributed by atoms with Crippen LogP contribution in [-0.2, 0) is 19.3 Å². The number of nitrogens with one attached hydrogen (secondary N) is 2. The quantitative estimate of drug-likeness (QED) is 0.259. The monoisotopic (exact) mass is 584 g/mol. The summed E-state index contributed by atoms with van der Waals surface area (Å²) in [6.07, 6.45) is 16.2. The van der Waals surface area contributed by atoms with Crippen LogP contribution in [0.2, 0.25) is 0 Å². The summed E-state index contributed by atoms with van der Waals surface area (Å²) in [6.45, 7) is 13.7. The van der Waals surface area contributed by atoms with Gasteiger partial charge in [-0.3, -0.25) is 0 Å². The zero-order chi connectivity index (χ0) is 30.5. The highest BCUT2D eigenvalue weighted by molar-refractivity contribution is 5.99. The topological polar surface area (TPSA) is 57.4 Å². The Labute approximate surface area is 262 Å². The van der Waals surface area contributed by atoms with Crippen molar-refractivity contribution in [3.63, 3.8) is 0 Å². The van der Waals surface area contributed by atoms with Crippen molar-refractivity contribution in [2.75, 3.05) is 0 Å². The van der Waals surface area contributed by atoms with E-state index in [4.69, 9.17) is 9.97 Å². The first-order valence-corrected chi connectivity index (χ1v) is 17.3. The third-order valence-corrected chi connectivity index (χ3v) is 10.7. The molecule has 5 heterocycles. The SMILES string of the molecule is CCCCC1=C(C)c2cc3nc(cc4[nH]c(cc5[nH]c(cc1n2)c(CC)c5CC)c(CCCC)c4C)C1=C3C2C=CC1CC2. The zero-order valence-corrected chi connectivity index (χ0v) is 27.6. The van der Waals surface area contributed by atoms with Gasteiger partial charge in [0.15, 0.2) is 0 Å². The third kappa shape index (κ3) is 4.73. The Morgan fingerprint density at radius 3 is 1.80 bits per heavy atom. The summed E-state index contributed by atoms with van der Waals surface area (Å²) >= 11 is 0. The summed E-state index contributed by atoms with van der Waals surface area (Å²) in [5.41, 5.74) is 20.6. The molecule has 4 heteroatoms. The van der Waals surface area contributed by atoms with Gasteiger partial charge >= 0.3 is 0 Å². The molecule has 8 rings (SSSR count). The molecule has 3 aromatic rings. The second-order valence-electron chi connectivity index (χ2n) is 13.3. The van der Waals surface area contributed by atoms with E-state index in [-0.39, 0.29) is 0 Å². The molecule has 0 aromatic carbocycles. The number of allylic oxidation sites excluding steroid dienone is 6. The van der Waals surface area contributed by atoms with E-state index in [0.29, 0.717) is 11.8 Å². The van der Waals surface area contributed by atoms with Crippen LogP contribution in [0.3, 0.4) is 0 Å². The lowest BCUT2D eigenvalue weighted by Gasteiger charge is -2.32. The minimum absolute atomic E-state index is 0.448. The standard InChI is InChI=1S/C40H48N4/c1-7-11-13-29-23(5)31-19-37-39-25-15-17-26(18-16-25)40(39)38(44-37)20-32-24(6)30(14-12-8-2)36(42-32)22-34-28(10-4)27(9-3)33(43-34)21-35(29)41-31/h15,17,19-22,25-26,41,43H,7-14,16,18H2,1-6H3. The minimum Gasteiger partial charge on any atom is -0.355 e. The highest BCUT2D eigenvalue weighted by atomic mass is 14.8. The molecule has 0 amide bonds. The number of fused-ring (bicyclic) bond motifs is 9. The number of aromatic nitrogens is 4. The van der Waals surface area contributed by atoms with E-state index in [1.165, 1.54) is 105 Å². The van der Waals surface area contributed by atoms with Gasteiger partial charge in [0.25, 0.3) is 0 Å². The van der Waals surface area contributed by atoms with Gasteiger partial charge in [0, 0.05) is 33.9 Å². The predicted molar refractivity (Wildman–Crippen MR) is 187 cm³/mol.